The number of nitrogens with zero attached hydrogens (tertiary/aromatic N) is 2. The van der Waals surface area contributed by atoms with Crippen LogP contribution in [0.1, 0.15) is 31.9 Å². The molecule has 4 heteroatoms. The first-order valence-corrected chi connectivity index (χ1v) is 5.70. The van der Waals surface area contributed by atoms with Crippen LogP contribution in [0.4, 0.5) is 6.01 Å². The van der Waals surface area contributed by atoms with Crippen molar-refractivity contribution < 1.29 is 4.42 Å². The van der Waals surface area contributed by atoms with Crippen LogP contribution >= 0.6 is 0 Å². The summed E-state index contributed by atoms with van der Waals surface area (Å²) in [6.07, 6.45) is 6.32. The molecule has 0 saturated carbocycles. The van der Waals surface area contributed by atoms with Crippen LogP contribution in [0.25, 0.3) is 0 Å². The van der Waals surface area contributed by atoms with E-state index < -0.39 is 0 Å². The summed E-state index contributed by atoms with van der Waals surface area (Å²) in [4.78, 5) is 6.67. The van der Waals surface area contributed by atoms with Crippen LogP contribution in [0.5, 0.6) is 0 Å². The minimum Gasteiger partial charge on any atom is -0.432 e. The smallest absolute Gasteiger partial charge is 0.297 e. The lowest BCUT2D eigenvalue weighted by atomic mass is 10.1. The van der Waals surface area contributed by atoms with E-state index >= 15 is 0 Å². The van der Waals surface area contributed by atoms with Crippen LogP contribution in [-0.2, 0) is 6.42 Å². The van der Waals surface area contributed by atoms with E-state index in [2.05, 4.69) is 9.88 Å². The van der Waals surface area contributed by atoms with Gasteiger partial charge in [-0.1, -0.05) is 0 Å². The predicted octanol–water partition coefficient (Wildman–Crippen LogP) is 1.55. The first kappa shape index (κ1) is 10.5. The molecule has 84 valence electrons. The summed E-state index contributed by atoms with van der Waals surface area (Å²) in [6, 6.07) is 0.912. The number of rotatable bonds is 3. The van der Waals surface area contributed by atoms with Crippen LogP contribution in [0.3, 0.4) is 0 Å². The SMILES string of the molecule is CC(N)Cc1coc(N2CCCCC2)n1. The molecule has 4 nitrogen and oxygen atoms in total. The molecule has 0 aromatic carbocycles. The lowest BCUT2D eigenvalue weighted by Gasteiger charge is -2.24. The van der Waals surface area contributed by atoms with E-state index in [0.29, 0.717) is 0 Å². The molecule has 2 N–H and O–H groups in total. The Morgan fingerprint density at radius 2 is 2.20 bits per heavy atom. The third-order valence-electron chi connectivity index (χ3n) is 2.70. The zero-order valence-corrected chi connectivity index (χ0v) is 9.28. The monoisotopic (exact) mass is 209 g/mol. The molecule has 0 amide bonds. The summed E-state index contributed by atoms with van der Waals surface area (Å²) in [6.45, 7) is 4.12. The van der Waals surface area contributed by atoms with E-state index in [1.165, 1.54) is 19.3 Å². The lowest BCUT2D eigenvalue weighted by Crippen LogP contribution is -2.29. The second-order valence-electron chi connectivity index (χ2n) is 4.35. The topological polar surface area (TPSA) is 55.3 Å². The van der Waals surface area contributed by atoms with E-state index in [9.17, 15) is 0 Å². The fourth-order valence-electron chi connectivity index (χ4n) is 1.95. The Hall–Kier alpha value is -1.03. The molecular weight excluding hydrogens is 190 g/mol. The molecule has 1 aromatic rings. The van der Waals surface area contributed by atoms with Crippen LogP contribution < -0.4 is 10.6 Å². The van der Waals surface area contributed by atoms with Crippen molar-refractivity contribution in [2.24, 2.45) is 5.73 Å². The van der Waals surface area contributed by atoms with E-state index in [1.807, 2.05) is 6.92 Å². The van der Waals surface area contributed by atoms with Crippen LogP contribution in [0, 0.1) is 0 Å². The number of aromatic nitrogens is 1. The molecule has 0 aliphatic carbocycles. The maximum Gasteiger partial charge on any atom is 0.297 e. The molecule has 0 spiro atoms. The first-order chi connectivity index (χ1) is 7.25. The second-order valence-corrected chi connectivity index (χ2v) is 4.35. The molecule has 1 aromatic heterocycles. The molecule has 2 heterocycles. The fourth-order valence-corrected chi connectivity index (χ4v) is 1.95. The van der Waals surface area contributed by atoms with E-state index in [1.54, 1.807) is 6.26 Å². The van der Waals surface area contributed by atoms with Crippen LogP contribution in [0.2, 0.25) is 0 Å². The van der Waals surface area contributed by atoms with Gasteiger partial charge >= 0.3 is 0 Å². The standard InChI is InChI=1S/C11H19N3O/c1-9(12)7-10-8-15-11(13-10)14-5-3-2-4-6-14/h8-9H,2-7,12H2,1H3. The molecule has 1 aliphatic heterocycles. The molecule has 2 rings (SSSR count). The quantitative estimate of drug-likeness (QED) is 0.820. The van der Waals surface area contributed by atoms with Crippen molar-refractivity contribution in [3.8, 4) is 0 Å². The third-order valence-corrected chi connectivity index (χ3v) is 2.70. The number of hydrogen-bond donors (Lipinski definition) is 1. The Balaban J connectivity index is 1.99. The van der Waals surface area contributed by atoms with Crippen molar-refractivity contribution in [3.63, 3.8) is 0 Å². The van der Waals surface area contributed by atoms with Crippen LogP contribution in [0.15, 0.2) is 10.7 Å². The van der Waals surface area contributed by atoms with Gasteiger partial charge in [0.05, 0.1) is 5.69 Å². The zero-order valence-electron chi connectivity index (χ0n) is 9.28. The Morgan fingerprint density at radius 1 is 1.47 bits per heavy atom. The molecule has 0 radical (unpaired) electrons. The van der Waals surface area contributed by atoms with Gasteiger partial charge in [0.2, 0.25) is 0 Å². The molecule has 1 aliphatic rings. The fraction of sp³-hybridized carbons (Fsp3) is 0.727. The first-order valence-electron chi connectivity index (χ1n) is 5.70. The van der Waals surface area contributed by atoms with E-state index in [-0.39, 0.29) is 6.04 Å². The van der Waals surface area contributed by atoms with Gasteiger partial charge in [0.15, 0.2) is 0 Å². The van der Waals surface area contributed by atoms with Gasteiger partial charge in [0, 0.05) is 25.6 Å². The van der Waals surface area contributed by atoms with Crippen molar-refractivity contribution in [1.82, 2.24) is 4.98 Å². The van der Waals surface area contributed by atoms with Gasteiger partial charge in [-0.05, 0) is 26.2 Å². The zero-order chi connectivity index (χ0) is 10.7. The number of nitrogens with two attached hydrogens (primary N) is 1. The van der Waals surface area contributed by atoms with Gasteiger partial charge in [-0.2, -0.15) is 4.98 Å². The maximum atomic E-state index is 5.72. The molecule has 1 unspecified atom stereocenters. The summed E-state index contributed by atoms with van der Waals surface area (Å²) in [7, 11) is 0. The normalized spacial score (nSPS) is 19.2. The van der Waals surface area contributed by atoms with Gasteiger partial charge in [-0.15, -0.1) is 0 Å². The van der Waals surface area contributed by atoms with E-state index in [4.69, 9.17) is 10.2 Å². The minimum atomic E-state index is 0.143. The number of oxazole rings is 1. The lowest BCUT2D eigenvalue weighted by molar-refractivity contribution is 0.491. The number of anilines is 1. The Labute approximate surface area is 90.5 Å². The molecule has 0 bridgehead atoms. The van der Waals surface area contributed by atoms with Gasteiger partial charge in [-0.3, -0.25) is 0 Å². The molecular formula is C11H19N3O. The molecule has 1 fully saturated rings. The summed E-state index contributed by atoms with van der Waals surface area (Å²) >= 11 is 0. The van der Waals surface area contributed by atoms with Gasteiger partial charge in [-0.25, -0.2) is 0 Å². The largest absolute Gasteiger partial charge is 0.432 e. The second kappa shape index (κ2) is 4.66. The van der Waals surface area contributed by atoms with Crippen molar-refractivity contribution in [2.45, 2.75) is 38.6 Å². The Bertz CT molecular complexity index is 303. The van der Waals surface area contributed by atoms with Crippen molar-refractivity contribution >= 4 is 6.01 Å². The van der Waals surface area contributed by atoms with Gasteiger partial charge in [0.25, 0.3) is 6.01 Å². The highest BCUT2D eigenvalue weighted by atomic mass is 16.4. The summed E-state index contributed by atoms with van der Waals surface area (Å²) in [5, 5.41) is 0. The molecule has 1 saturated heterocycles. The molecule has 1 atom stereocenters. The van der Waals surface area contributed by atoms with Crippen molar-refractivity contribution in [1.29, 1.82) is 0 Å². The third kappa shape index (κ3) is 2.72. The molecule has 15 heavy (non-hydrogen) atoms. The van der Waals surface area contributed by atoms with Gasteiger partial charge in [0.1, 0.15) is 6.26 Å². The Morgan fingerprint density at radius 3 is 2.87 bits per heavy atom. The van der Waals surface area contributed by atoms with Crippen molar-refractivity contribution in [2.75, 3.05) is 18.0 Å². The predicted molar refractivity (Wildman–Crippen MR) is 59.9 cm³/mol. The Kier molecular flexibility index (Phi) is 3.26. The highest BCUT2D eigenvalue weighted by Crippen LogP contribution is 2.19. The summed E-state index contributed by atoms with van der Waals surface area (Å²) in [5.74, 6) is 0. The highest BCUT2D eigenvalue weighted by Gasteiger charge is 2.16. The average Bonchev–Trinajstić information content (AvgIpc) is 2.67. The average molecular weight is 209 g/mol. The summed E-state index contributed by atoms with van der Waals surface area (Å²) < 4.78 is 5.46. The van der Waals surface area contributed by atoms with E-state index in [0.717, 1.165) is 31.2 Å². The number of piperidine rings is 1. The maximum absolute atomic E-state index is 5.72. The summed E-state index contributed by atoms with van der Waals surface area (Å²) in [5.41, 5.74) is 6.68. The van der Waals surface area contributed by atoms with Crippen molar-refractivity contribution in [3.05, 3.63) is 12.0 Å². The van der Waals surface area contributed by atoms with Gasteiger partial charge < -0.3 is 15.1 Å². The van der Waals surface area contributed by atoms with Crippen LogP contribution in [-0.4, -0.2) is 24.1 Å². The minimum absolute atomic E-state index is 0.143. The highest BCUT2D eigenvalue weighted by molar-refractivity contribution is 5.27. The number of hydrogen-bond acceptors (Lipinski definition) is 4.